The number of hydrogen-bond acceptors (Lipinski definition) is 2. The molecule has 112 valence electrons. The average Bonchev–Trinajstić information content (AvgIpc) is 2.54. The topological polar surface area (TPSA) is 26.3 Å². The molecular weight excluding hydrogens is 260 g/mol. The van der Waals surface area contributed by atoms with Crippen molar-refractivity contribution in [1.29, 1.82) is 0 Å². The molecule has 2 aliphatic carbocycles. The van der Waals surface area contributed by atoms with E-state index < -0.39 is 0 Å². The molecule has 0 aliphatic heterocycles. The van der Waals surface area contributed by atoms with Gasteiger partial charge >= 0.3 is 0 Å². The van der Waals surface area contributed by atoms with Gasteiger partial charge in [-0.25, -0.2) is 0 Å². The molecule has 1 fully saturated rings. The Balaban J connectivity index is 1.62. The minimum Gasteiger partial charge on any atom is -0.489 e. The molecule has 2 aliphatic rings. The molecule has 2 nitrogen and oxygen atoms in total. The average molecular weight is 284 g/mol. The Kier molecular flexibility index (Phi) is 4.42. The standard InChI is InChI=1S/C19H24O2/c20-14-16-6-8-18(9-7-16)21-15-17-5-4-12-19(13-17)10-2-1-3-11-19/h6-9,13-14H,1-5,10-12,15H2. The number of hydrogen-bond donors (Lipinski definition) is 0. The highest BCUT2D eigenvalue weighted by atomic mass is 16.5. The highest BCUT2D eigenvalue weighted by Crippen LogP contribution is 2.45. The fourth-order valence-corrected chi connectivity index (χ4v) is 3.83. The van der Waals surface area contributed by atoms with E-state index in [0.29, 0.717) is 17.6 Å². The van der Waals surface area contributed by atoms with E-state index >= 15 is 0 Å². The third kappa shape index (κ3) is 3.55. The lowest BCUT2D eigenvalue weighted by Crippen LogP contribution is -2.25. The Labute approximate surface area is 127 Å². The van der Waals surface area contributed by atoms with Crippen LogP contribution < -0.4 is 4.74 Å². The third-order valence-corrected chi connectivity index (χ3v) is 4.97. The summed E-state index contributed by atoms with van der Waals surface area (Å²) in [5.41, 5.74) is 2.64. The lowest BCUT2D eigenvalue weighted by molar-refractivity contribution is 0.112. The quantitative estimate of drug-likeness (QED) is 0.578. The molecule has 0 N–H and O–H groups in total. The molecule has 2 heteroatoms. The van der Waals surface area contributed by atoms with Gasteiger partial charge in [-0.1, -0.05) is 25.3 Å². The van der Waals surface area contributed by atoms with E-state index in [1.165, 1.54) is 56.9 Å². The Bertz CT molecular complexity index is 507. The van der Waals surface area contributed by atoms with Gasteiger partial charge < -0.3 is 4.74 Å². The molecule has 1 aromatic rings. The van der Waals surface area contributed by atoms with E-state index in [1.54, 1.807) is 12.1 Å². The molecule has 0 atom stereocenters. The number of carbonyl (C=O) groups excluding carboxylic acids is 1. The molecule has 1 aromatic carbocycles. The first-order valence-electron chi connectivity index (χ1n) is 8.18. The SMILES string of the molecule is O=Cc1ccc(OCC2=CC3(CCCCC3)CCC2)cc1. The highest BCUT2D eigenvalue weighted by Gasteiger charge is 2.32. The van der Waals surface area contributed by atoms with Gasteiger partial charge in [-0.2, -0.15) is 0 Å². The van der Waals surface area contributed by atoms with E-state index in [0.717, 1.165) is 12.0 Å². The molecule has 1 saturated carbocycles. The van der Waals surface area contributed by atoms with Gasteiger partial charge in [0.1, 0.15) is 18.6 Å². The lowest BCUT2D eigenvalue weighted by atomic mass is 9.67. The van der Waals surface area contributed by atoms with Crippen molar-refractivity contribution in [2.45, 2.75) is 51.4 Å². The zero-order chi connectivity index (χ0) is 14.5. The Hall–Kier alpha value is -1.57. The first-order valence-corrected chi connectivity index (χ1v) is 8.18. The fraction of sp³-hybridized carbons (Fsp3) is 0.526. The van der Waals surface area contributed by atoms with Crippen LogP contribution in [0.1, 0.15) is 61.7 Å². The van der Waals surface area contributed by atoms with Gasteiger partial charge in [0, 0.05) is 5.56 Å². The molecule has 0 bridgehead atoms. The molecule has 1 spiro atoms. The second kappa shape index (κ2) is 6.46. The Morgan fingerprint density at radius 2 is 1.71 bits per heavy atom. The molecule has 0 aromatic heterocycles. The lowest BCUT2D eigenvalue weighted by Gasteiger charge is -2.38. The summed E-state index contributed by atoms with van der Waals surface area (Å²) in [7, 11) is 0. The zero-order valence-corrected chi connectivity index (χ0v) is 12.6. The second-order valence-corrected chi connectivity index (χ2v) is 6.55. The van der Waals surface area contributed by atoms with Crippen LogP contribution in [0, 0.1) is 5.41 Å². The van der Waals surface area contributed by atoms with Crippen LogP contribution in [0.15, 0.2) is 35.9 Å². The van der Waals surface area contributed by atoms with Crippen LogP contribution >= 0.6 is 0 Å². The minimum absolute atomic E-state index is 0.483. The van der Waals surface area contributed by atoms with Crippen LogP contribution in [-0.2, 0) is 0 Å². The number of carbonyl (C=O) groups is 1. The van der Waals surface area contributed by atoms with Gasteiger partial charge in [-0.3, -0.25) is 4.79 Å². The van der Waals surface area contributed by atoms with Crippen molar-refractivity contribution >= 4 is 6.29 Å². The summed E-state index contributed by atoms with van der Waals surface area (Å²) in [6.45, 7) is 0.697. The van der Waals surface area contributed by atoms with Gasteiger partial charge in [0.2, 0.25) is 0 Å². The monoisotopic (exact) mass is 284 g/mol. The maximum atomic E-state index is 10.6. The molecule has 0 saturated heterocycles. The number of benzene rings is 1. The van der Waals surface area contributed by atoms with Crippen LogP contribution in [0.3, 0.4) is 0 Å². The van der Waals surface area contributed by atoms with Crippen molar-refractivity contribution in [2.24, 2.45) is 5.41 Å². The second-order valence-electron chi connectivity index (χ2n) is 6.55. The summed E-state index contributed by atoms with van der Waals surface area (Å²) < 4.78 is 5.89. The highest BCUT2D eigenvalue weighted by molar-refractivity contribution is 5.74. The molecular formula is C19H24O2. The maximum absolute atomic E-state index is 10.6. The smallest absolute Gasteiger partial charge is 0.150 e. The van der Waals surface area contributed by atoms with Gasteiger partial charge in [-0.05, 0) is 67.4 Å². The molecule has 0 radical (unpaired) electrons. The largest absolute Gasteiger partial charge is 0.489 e. The van der Waals surface area contributed by atoms with Crippen molar-refractivity contribution in [2.75, 3.05) is 6.61 Å². The van der Waals surface area contributed by atoms with Crippen molar-refractivity contribution in [3.8, 4) is 5.75 Å². The number of ether oxygens (including phenoxy) is 1. The summed E-state index contributed by atoms with van der Waals surface area (Å²) in [5.74, 6) is 0.852. The van der Waals surface area contributed by atoms with Crippen LogP contribution in [0.25, 0.3) is 0 Å². The maximum Gasteiger partial charge on any atom is 0.150 e. The molecule has 0 amide bonds. The first-order chi connectivity index (χ1) is 10.3. The van der Waals surface area contributed by atoms with E-state index in [4.69, 9.17) is 4.74 Å². The van der Waals surface area contributed by atoms with Crippen LogP contribution in [0.2, 0.25) is 0 Å². The van der Waals surface area contributed by atoms with Crippen molar-refractivity contribution in [3.05, 3.63) is 41.5 Å². The van der Waals surface area contributed by atoms with Crippen molar-refractivity contribution < 1.29 is 9.53 Å². The van der Waals surface area contributed by atoms with Gasteiger partial charge in [-0.15, -0.1) is 0 Å². The summed E-state index contributed by atoms with van der Waals surface area (Å²) in [5, 5.41) is 0. The predicted octanol–water partition coefficient (Wildman–Crippen LogP) is 4.94. The molecule has 0 heterocycles. The summed E-state index contributed by atoms with van der Waals surface area (Å²) >= 11 is 0. The van der Waals surface area contributed by atoms with Gasteiger partial charge in [0.05, 0.1) is 0 Å². The summed E-state index contributed by atoms with van der Waals surface area (Å²) in [4.78, 5) is 10.6. The van der Waals surface area contributed by atoms with Crippen LogP contribution in [0.5, 0.6) is 5.75 Å². The van der Waals surface area contributed by atoms with Crippen molar-refractivity contribution in [1.82, 2.24) is 0 Å². The fourth-order valence-electron chi connectivity index (χ4n) is 3.83. The predicted molar refractivity (Wildman–Crippen MR) is 84.8 cm³/mol. The number of rotatable bonds is 4. The van der Waals surface area contributed by atoms with E-state index in [1.807, 2.05) is 12.1 Å². The number of aldehydes is 1. The Morgan fingerprint density at radius 1 is 1.00 bits per heavy atom. The number of allylic oxidation sites excluding steroid dienone is 1. The van der Waals surface area contributed by atoms with Gasteiger partial charge in [0.15, 0.2) is 0 Å². The molecule has 0 unspecified atom stereocenters. The van der Waals surface area contributed by atoms with Crippen LogP contribution in [0.4, 0.5) is 0 Å². The minimum atomic E-state index is 0.483. The Morgan fingerprint density at radius 3 is 2.43 bits per heavy atom. The molecule has 3 rings (SSSR count). The summed E-state index contributed by atoms with van der Waals surface area (Å²) in [6.07, 6.45) is 14.2. The van der Waals surface area contributed by atoms with Crippen LogP contribution in [-0.4, -0.2) is 12.9 Å². The van der Waals surface area contributed by atoms with E-state index in [-0.39, 0.29) is 0 Å². The summed E-state index contributed by atoms with van der Waals surface area (Å²) in [6, 6.07) is 7.37. The van der Waals surface area contributed by atoms with E-state index in [9.17, 15) is 4.79 Å². The third-order valence-electron chi connectivity index (χ3n) is 4.97. The molecule has 21 heavy (non-hydrogen) atoms. The van der Waals surface area contributed by atoms with Gasteiger partial charge in [0.25, 0.3) is 0 Å². The van der Waals surface area contributed by atoms with Crippen molar-refractivity contribution in [3.63, 3.8) is 0 Å². The first kappa shape index (κ1) is 14.4. The zero-order valence-electron chi connectivity index (χ0n) is 12.6. The normalized spacial score (nSPS) is 20.9. The van der Waals surface area contributed by atoms with E-state index in [2.05, 4.69) is 6.08 Å².